The zero-order valence-electron chi connectivity index (χ0n) is 16.1. The quantitative estimate of drug-likeness (QED) is 0.311. The first-order valence-corrected chi connectivity index (χ1v) is 8.09. The Kier molecular flexibility index (Phi) is 8.59. The lowest BCUT2D eigenvalue weighted by Crippen LogP contribution is -2.52. The number of hydrogen-bond acceptors (Lipinski definition) is 7. The highest BCUT2D eigenvalue weighted by Gasteiger charge is 2.40. The van der Waals surface area contributed by atoms with Crippen molar-refractivity contribution in [1.82, 2.24) is 4.90 Å². The monoisotopic (exact) mass is 359 g/mol. The van der Waals surface area contributed by atoms with Gasteiger partial charge in [0.1, 0.15) is 23.5 Å². The Morgan fingerprint density at radius 1 is 0.960 bits per heavy atom. The zero-order chi connectivity index (χ0) is 19.8. The van der Waals surface area contributed by atoms with Crippen LogP contribution in [-0.2, 0) is 23.8 Å². The number of imide groups is 1. The van der Waals surface area contributed by atoms with Crippen LogP contribution in [0.15, 0.2) is 0 Å². The summed E-state index contributed by atoms with van der Waals surface area (Å²) in [5.41, 5.74) is -1.75. The average molecular weight is 359 g/mol. The SMILES string of the molecule is COC(=O)[C@H](CCCC=O)N(C(=O)OC(C)(C)C)C(=O)OC(C)(C)C. The van der Waals surface area contributed by atoms with Crippen molar-refractivity contribution in [2.45, 2.75) is 78.0 Å². The molecule has 0 bridgehead atoms. The van der Waals surface area contributed by atoms with Gasteiger partial charge in [0.2, 0.25) is 0 Å². The Morgan fingerprint density at radius 3 is 1.72 bits per heavy atom. The van der Waals surface area contributed by atoms with Crippen molar-refractivity contribution in [3.8, 4) is 0 Å². The van der Waals surface area contributed by atoms with Crippen LogP contribution in [0.1, 0.15) is 60.8 Å². The molecule has 0 rings (SSSR count). The van der Waals surface area contributed by atoms with Crippen molar-refractivity contribution in [2.24, 2.45) is 0 Å². The number of aldehydes is 1. The van der Waals surface area contributed by atoms with E-state index in [-0.39, 0.29) is 12.8 Å². The first kappa shape index (κ1) is 22.9. The second-order valence-corrected chi connectivity index (χ2v) is 7.47. The number of rotatable bonds is 6. The topological polar surface area (TPSA) is 99.2 Å². The number of amides is 2. The first-order valence-electron chi connectivity index (χ1n) is 8.09. The van der Waals surface area contributed by atoms with Gasteiger partial charge in [-0.3, -0.25) is 0 Å². The van der Waals surface area contributed by atoms with E-state index in [0.29, 0.717) is 17.6 Å². The molecular formula is C17H29NO7. The van der Waals surface area contributed by atoms with E-state index in [1.54, 1.807) is 41.5 Å². The van der Waals surface area contributed by atoms with E-state index in [1.165, 1.54) is 0 Å². The molecular weight excluding hydrogens is 330 g/mol. The fraction of sp³-hybridized carbons (Fsp3) is 0.765. The van der Waals surface area contributed by atoms with E-state index in [2.05, 4.69) is 0 Å². The summed E-state index contributed by atoms with van der Waals surface area (Å²) in [6, 6.07) is -1.24. The van der Waals surface area contributed by atoms with Gasteiger partial charge in [0.05, 0.1) is 7.11 Å². The maximum atomic E-state index is 12.5. The summed E-state index contributed by atoms with van der Waals surface area (Å²) in [4.78, 5) is 48.3. The molecule has 0 aliphatic heterocycles. The van der Waals surface area contributed by atoms with Crippen LogP contribution in [0.5, 0.6) is 0 Å². The van der Waals surface area contributed by atoms with Crippen LogP contribution in [0.2, 0.25) is 0 Å². The molecule has 0 aromatic heterocycles. The number of unbranched alkanes of at least 4 members (excludes halogenated alkanes) is 1. The highest BCUT2D eigenvalue weighted by atomic mass is 16.6. The minimum atomic E-state index is -1.24. The molecule has 0 N–H and O–H groups in total. The molecule has 0 unspecified atom stereocenters. The van der Waals surface area contributed by atoms with Gasteiger partial charge < -0.3 is 19.0 Å². The summed E-state index contributed by atoms with van der Waals surface area (Å²) in [6.07, 6.45) is -0.787. The highest BCUT2D eigenvalue weighted by molar-refractivity contribution is 5.94. The number of ether oxygens (including phenoxy) is 3. The van der Waals surface area contributed by atoms with E-state index in [9.17, 15) is 19.2 Å². The predicted molar refractivity (Wildman–Crippen MR) is 90.0 cm³/mol. The van der Waals surface area contributed by atoms with E-state index in [1.807, 2.05) is 0 Å². The third-order valence-corrected chi connectivity index (χ3v) is 2.76. The molecule has 2 amide bonds. The molecule has 144 valence electrons. The normalized spacial score (nSPS) is 12.8. The van der Waals surface area contributed by atoms with Gasteiger partial charge in [-0.25, -0.2) is 14.4 Å². The average Bonchev–Trinajstić information content (AvgIpc) is 2.41. The molecule has 0 heterocycles. The molecule has 25 heavy (non-hydrogen) atoms. The van der Waals surface area contributed by atoms with Crippen LogP contribution in [0.4, 0.5) is 9.59 Å². The van der Waals surface area contributed by atoms with Gasteiger partial charge in [-0.15, -0.1) is 0 Å². The lowest BCUT2D eigenvalue weighted by molar-refractivity contribution is -0.147. The van der Waals surface area contributed by atoms with Crippen LogP contribution in [0, 0.1) is 0 Å². The first-order chi connectivity index (χ1) is 11.3. The summed E-state index contributed by atoms with van der Waals surface area (Å²) >= 11 is 0. The number of esters is 1. The van der Waals surface area contributed by atoms with E-state index in [0.717, 1.165) is 7.11 Å². The minimum absolute atomic E-state index is 0.0594. The fourth-order valence-electron chi connectivity index (χ4n) is 1.83. The van der Waals surface area contributed by atoms with Gasteiger partial charge >= 0.3 is 18.2 Å². The molecule has 0 aromatic rings. The molecule has 0 fully saturated rings. The van der Waals surface area contributed by atoms with Gasteiger partial charge in [0.25, 0.3) is 0 Å². The Hall–Kier alpha value is -2.12. The molecule has 0 spiro atoms. The number of carbonyl (C=O) groups is 4. The van der Waals surface area contributed by atoms with E-state index < -0.39 is 35.4 Å². The fourth-order valence-corrected chi connectivity index (χ4v) is 1.83. The van der Waals surface area contributed by atoms with Crippen LogP contribution in [0.25, 0.3) is 0 Å². The number of nitrogens with zero attached hydrogens (tertiary/aromatic N) is 1. The number of carbonyl (C=O) groups excluding carboxylic acids is 4. The van der Waals surface area contributed by atoms with Gasteiger partial charge in [0.15, 0.2) is 0 Å². The molecule has 0 radical (unpaired) electrons. The summed E-state index contributed by atoms with van der Waals surface area (Å²) in [7, 11) is 1.15. The second-order valence-electron chi connectivity index (χ2n) is 7.47. The van der Waals surface area contributed by atoms with Gasteiger partial charge in [-0.2, -0.15) is 4.90 Å². The van der Waals surface area contributed by atoms with Crippen molar-refractivity contribution in [3.63, 3.8) is 0 Å². The molecule has 0 aliphatic rings. The highest BCUT2D eigenvalue weighted by Crippen LogP contribution is 2.20. The predicted octanol–water partition coefficient (Wildman–Crippen LogP) is 3.07. The smallest absolute Gasteiger partial charge is 0.420 e. The lowest BCUT2D eigenvalue weighted by Gasteiger charge is -2.32. The van der Waals surface area contributed by atoms with Crippen LogP contribution in [-0.4, -0.2) is 53.7 Å². The Labute approximate surface area is 148 Å². The van der Waals surface area contributed by atoms with E-state index in [4.69, 9.17) is 14.2 Å². The standard InChI is InChI=1S/C17H29NO7/c1-16(2,3)24-14(21)18(15(22)25-17(4,5)6)12(13(20)23-7)10-8-9-11-19/h11-12H,8-10H2,1-7H3/t12-/m0/s1. The Bertz CT molecular complexity index is 460. The molecule has 0 saturated heterocycles. The minimum Gasteiger partial charge on any atom is -0.467 e. The van der Waals surface area contributed by atoms with Crippen molar-refractivity contribution in [3.05, 3.63) is 0 Å². The molecule has 0 aromatic carbocycles. The summed E-state index contributed by atoms with van der Waals surface area (Å²) < 4.78 is 15.2. The maximum Gasteiger partial charge on any atom is 0.420 e. The van der Waals surface area contributed by atoms with Crippen LogP contribution >= 0.6 is 0 Å². The second kappa shape index (κ2) is 9.39. The summed E-state index contributed by atoms with van der Waals surface area (Å²) in [5.74, 6) is -0.789. The maximum absolute atomic E-state index is 12.5. The lowest BCUT2D eigenvalue weighted by atomic mass is 10.1. The van der Waals surface area contributed by atoms with Crippen LogP contribution < -0.4 is 0 Å². The van der Waals surface area contributed by atoms with Crippen molar-refractivity contribution >= 4 is 24.4 Å². The van der Waals surface area contributed by atoms with Crippen LogP contribution in [0.3, 0.4) is 0 Å². The molecule has 0 aliphatic carbocycles. The molecule has 0 saturated carbocycles. The van der Waals surface area contributed by atoms with Crippen molar-refractivity contribution in [1.29, 1.82) is 0 Å². The van der Waals surface area contributed by atoms with Crippen molar-refractivity contribution in [2.75, 3.05) is 7.11 Å². The molecule has 8 nitrogen and oxygen atoms in total. The van der Waals surface area contributed by atoms with Gasteiger partial charge in [0, 0.05) is 6.42 Å². The molecule has 8 heteroatoms. The largest absolute Gasteiger partial charge is 0.467 e. The van der Waals surface area contributed by atoms with Crippen molar-refractivity contribution < 1.29 is 33.4 Å². The summed E-state index contributed by atoms with van der Waals surface area (Å²) in [6.45, 7) is 9.82. The van der Waals surface area contributed by atoms with Gasteiger partial charge in [-0.05, 0) is 54.4 Å². The summed E-state index contributed by atoms with van der Waals surface area (Å²) in [5, 5.41) is 0. The van der Waals surface area contributed by atoms with E-state index >= 15 is 0 Å². The third-order valence-electron chi connectivity index (χ3n) is 2.76. The number of hydrogen-bond donors (Lipinski definition) is 0. The number of methoxy groups -OCH3 is 1. The third kappa shape index (κ3) is 9.07. The zero-order valence-corrected chi connectivity index (χ0v) is 16.1. The Morgan fingerprint density at radius 2 is 1.40 bits per heavy atom. The van der Waals surface area contributed by atoms with Gasteiger partial charge in [-0.1, -0.05) is 0 Å². The Balaban J connectivity index is 5.67. The molecule has 1 atom stereocenters.